The number of rotatable bonds is 3. The van der Waals surface area contributed by atoms with Crippen molar-refractivity contribution < 1.29 is 13.7 Å². The molecular formula is C19H28O3S. The molecule has 0 radical (unpaired) electrons. The fourth-order valence-electron chi connectivity index (χ4n) is 5.17. The second-order valence-corrected chi connectivity index (χ2v) is 9.74. The average molecular weight is 336 g/mol. The number of ether oxygens (including phenoxy) is 1. The Bertz CT molecular complexity index is 550. The summed E-state index contributed by atoms with van der Waals surface area (Å²) in [7, 11) is 0.0895. The van der Waals surface area contributed by atoms with Crippen LogP contribution in [0.25, 0.3) is 0 Å². The minimum Gasteiger partial charge on any atom is -0.466 e. The lowest BCUT2D eigenvalue weighted by atomic mass is 9.53. The highest BCUT2D eigenvalue weighted by atomic mass is 32.2. The van der Waals surface area contributed by atoms with E-state index in [2.05, 4.69) is 25.5 Å². The number of esters is 1. The molecule has 4 aliphatic rings. The molecular weight excluding hydrogens is 308 g/mol. The minimum atomic E-state index is -1.25. The Morgan fingerprint density at radius 1 is 1.09 bits per heavy atom. The SMILES string of the molecule is COC(=O)/C=C/S(=O)C(=C1C2CC3CC(C2)CC1C3)C(C)(C)C. The van der Waals surface area contributed by atoms with E-state index in [1.165, 1.54) is 56.3 Å². The molecule has 4 fully saturated rings. The lowest BCUT2D eigenvalue weighted by molar-refractivity contribution is -0.134. The molecule has 1 unspecified atom stereocenters. The zero-order valence-corrected chi connectivity index (χ0v) is 15.4. The van der Waals surface area contributed by atoms with Gasteiger partial charge in [-0.05, 0) is 61.2 Å². The van der Waals surface area contributed by atoms with Crippen molar-refractivity contribution in [1.29, 1.82) is 0 Å². The van der Waals surface area contributed by atoms with Crippen LogP contribution in [-0.4, -0.2) is 17.3 Å². The predicted molar refractivity (Wildman–Crippen MR) is 92.8 cm³/mol. The lowest BCUT2D eigenvalue weighted by Crippen LogP contribution is -2.42. The van der Waals surface area contributed by atoms with Gasteiger partial charge in [-0.15, -0.1) is 0 Å². The van der Waals surface area contributed by atoms with Crippen molar-refractivity contribution in [2.75, 3.05) is 7.11 Å². The van der Waals surface area contributed by atoms with Gasteiger partial charge in [-0.3, -0.25) is 0 Å². The summed E-state index contributed by atoms with van der Waals surface area (Å²) in [5.41, 5.74) is 1.33. The van der Waals surface area contributed by atoms with Crippen LogP contribution < -0.4 is 0 Å². The highest BCUT2D eigenvalue weighted by molar-refractivity contribution is 7.92. The van der Waals surface area contributed by atoms with Gasteiger partial charge in [-0.25, -0.2) is 9.00 Å². The number of allylic oxidation sites excluding steroid dienone is 2. The first kappa shape index (κ1) is 16.9. The number of carbonyl (C=O) groups is 1. The van der Waals surface area contributed by atoms with Crippen LogP contribution >= 0.6 is 0 Å². The van der Waals surface area contributed by atoms with Crippen LogP contribution in [0.2, 0.25) is 0 Å². The summed E-state index contributed by atoms with van der Waals surface area (Å²) in [6.07, 6.45) is 7.83. The summed E-state index contributed by atoms with van der Waals surface area (Å²) in [6, 6.07) is 0. The summed E-state index contributed by atoms with van der Waals surface area (Å²) in [6.45, 7) is 6.43. The second kappa shape index (κ2) is 6.19. The van der Waals surface area contributed by atoms with E-state index in [4.69, 9.17) is 0 Å². The van der Waals surface area contributed by atoms with E-state index in [-0.39, 0.29) is 5.41 Å². The average Bonchev–Trinajstić information content (AvgIpc) is 2.46. The van der Waals surface area contributed by atoms with Crippen molar-refractivity contribution in [2.45, 2.75) is 52.9 Å². The monoisotopic (exact) mass is 336 g/mol. The molecule has 4 aliphatic carbocycles. The second-order valence-electron chi connectivity index (χ2n) is 8.46. The summed E-state index contributed by atoms with van der Waals surface area (Å²) >= 11 is 0. The maximum atomic E-state index is 13.0. The van der Waals surface area contributed by atoms with Gasteiger partial charge in [-0.1, -0.05) is 26.3 Å². The van der Waals surface area contributed by atoms with Gasteiger partial charge < -0.3 is 4.74 Å². The first-order valence-corrected chi connectivity index (χ1v) is 9.92. The maximum absolute atomic E-state index is 13.0. The van der Waals surface area contributed by atoms with Crippen molar-refractivity contribution in [3.8, 4) is 0 Å². The number of hydrogen-bond acceptors (Lipinski definition) is 3. The maximum Gasteiger partial charge on any atom is 0.331 e. The van der Waals surface area contributed by atoms with Gasteiger partial charge in [0.05, 0.1) is 17.9 Å². The van der Waals surface area contributed by atoms with Gasteiger partial charge in [0.2, 0.25) is 0 Å². The van der Waals surface area contributed by atoms with E-state index in [9.17, 15) is 9.00 Å². The Balaban J connectivity index is 1.98. The molecule has 1 atom stereocenters. The zero-order chi connectivity index (χ0) is 16.8. The third kappa shape index (κ3) is 3.33. The molecule has 0 aromatic carbocycles. The summed E-state index contributed by atoms with van der Waals surface area (Å²) < 4.78 is 17.6. The van der Waals surface area contributed by atoms with Crippen molar-refractivity contribution in [2.24, 2.45) is 29.1 Å². The number of methoxy groups -OCH3 is 1. The fourth-order valence-corrected chi connectivity index (χ4v) is 6.71. The third-order valence-electron chi connectivity index (χ3n) is 5.69. The highest BCUT2D eigenvalue weighted by Crippen LogP contribution is 2.58. The highest BCUT2D eigenvalue weighted by Gasteiger charge is 2.47. The Morgan fingerprint density at radius 2 is 1.61 bits per heavy atom. The molecule has 4 rings (SSSR count). The van der Waals surface area contributed by atoms with E-state index in [1.54, 1.807) is 0 Å². The smallest absolute Gasteiger partial charge is 0.331 e. The molecule has 4 bridgehead atoms. The molecule has 0 aliphatic heterocycles. The van der Waals surface area contributed by atoms with Gasteiger partial charge in [-0.2, -0.15) is 0 Å². The van der Waals surface area contributed by atoms with E-state index in [0.717, 1.165) is 16.7 Å². The molecule has 4 saturated carbocycles. The Hall–Kier alpha value is -0.900. The Labute approximate surface area is 142 Å². The molecule has 0 spiro atoms. The molecule has 128 valence electrons. The van der Waals surface area contributed by atoms with Gasteiger partial charge in [0.1, 0.15) is 0 Å². The van der Waals surface area contributed by atoms with Crippen molar-refractivity contribution in [1.82, 2.24) is 0 Å². The molecule has 0 amide bonds. The molecule has 3 nitrogen and oxygen atoms in total. The van der Waals surface area contributed by atoms with E-state index in [1.807, 2.05) is 0 Å². The summed E-state index contributed by atoms with van der Waals surface area (Å²) in [4.78, 5) is 12.4. The van der Waals surface area contributed by atoms with E-state index >= 15 is 0 Å². The third-order valence-corrected chi connectivity index (χ3v) is 7.32. The predicted octanol–water partition coefficient (Wildman–Crippen LogP) is 4.18. The first-order valence-electron chi connectivity index (χ1n) is 8.70. The van der Waals surface area contributed by atoms with Crippen LogP contribution in [0.15, 0.2) is 22.0 Å². The van der Waals surface area contributed by atoms with Gasteiger partial charge in [0, 0.05) is 16.4 Å². The van der Waals surface area contributed by atoms with Crippen LogP contribution in [0.1, 0.15) is 52.9 Å². The summed E-state index contributed by atoms with van der Waals surface area (Å²) in [5, 5.41) is 1.52. The van der Waals surface area contributed by atoms with Crippen molar-refractivity contribution in [3.63, 3.8) is 0 Å². The number of carbonyl (C=O) groups excluding carboxylic acids is 1. The largest absolute Gasteiger partial charge is 0.466 e. The normalized spacial score (nSPS) is 34.0. The van der Waals surface area contributed by atoms with Crippen LogP contribution in [0.4, 0.5) is 0 Å². The molecule has 0 saturated heterocycles. The van der Waals surface area contributed by atoms with Crippen LogP contribution in [0.5, 0.6) is 0 Å². The van der Waals surface area contributed by atoms with Gasteiger partial charge in [0.25, 0.3) is 0 Å². The van der Waals surface area contributed by atoms with Crippen LogP contribution in [0.3, 0.4) is 0 Å². The zero-order valence-electron chi connectivity index (χ0n) is 14.6. The quantitative estimate of drug-likeness (QED) is 0.573. The van der Waals surface area contributed by atoms with Crippen molar-refractivity contribution in [3.05, 3.63) is 22.0 Å². The molecule has 4 heteroatoms. The Morgan fingerprint density at radius 3 is 2.04 bits per heavy atom. The van der Waals surface area contributed by atoms with E-state index in [0.29, 0.717) is 11.8 Å². The summed E-state index contributed by atoms with van der Waals surface area (Å²) in [5.74, 6) is 2.58. The molecule has 23 heavy (non-hydrogen) atoms. The Kier molecular flexibility index (Phi) is 4.56. The lowest BCUT2D eigenvalue weighted by Gasteiger charge is -2.52. The molecule has 0 heterocycles. The minimum absolute atomic E-state index is 0.143. The standard InChI is InChI=1S/C19H28O3S/c1-19(2,3)18(23(21)6-5-16(20)22-4)17-14-8-12-7-13(10-14)11-15(17)9-12/h5-6,12-15H,7-11H2,1-4H3/b6-5+,18-17?. The topological polar surface area (TPSA) is 43.4 Å². The van der Waals surface area contributed by atoms with Gasteiger partial charge in [0.15, 0.2) is 0 Å². The number of hydrogen-bond donors (Lipinski definition) is 0. The fraction of sp³-hybridized carbons (Fsp3) is 0.737. The first-order chi connectivity index (χ1) is 10.8. The van der Waals surface area contributed by atoms with Crippen molar-refractivity contribution >= 4 is 16.8 Å². The van der Waals surface area contributed by atoms with Crippen LogP contribution in [0, 0.1) is 29.1 Å². The van der Waals surface area contributed by atoms with E-state index < -0.39 is 16.8 Å². The molecule has 0 N–H and O–H groups in total. The van der Waals surface area contributed by atoms with Gasteiger partial charge >= 0.3 is 5.97 Å². The van der Waals surface area contributed by atoms with Crippen LogP contribution in [-0.2, 0) is 20.3 Å². The molecule has 0 aromatic heterocycles. The molecule has 0 aromatic rings.